The summed E-state index contributed by atoms with van der Waals surface area (Å²) in [7, 11) is 0. The van der Waals surface area contributed by atoms with Crippen LogP contribution in [0.1, 0.15) is 34.7 Å². The van der Waals surface area contributed by atoms with Crippen LogP contribution in [0, 0.1) is 6.92 Å². The molecule has 2 aromatic carbocycles. The third-order valence-corrected chi connectivity index (χ3v) is 3.74. The van der Waals surface area contributed by atoms with Crippen LogP contribution in [0.3, 0.4) is 0 Å². The number of amides is 1. The topological polar surface area (TPSA) is 42.0 Å². The maximum absolute atomic E-state index is 12.3. The lowest BCUT2D eigenvalue weighted by Crippen LogP contribution is -2.27. The van der Waals surface area contributed by atoms with Crippen LogP contribution in [-0.4, -0.2) is 10.9 Å². The predicted octanol–water partition coefficient (Wildman–Crippen LogP) is 4.03. The number of hydrogen-bond acceptors (Lipinski definition) is 2. The van der Waals surface area contributed by atoms with E-state index in [1.165, 1.54) is 10.8 Å². The Morgan fingerprint density at radius 3 is 2.55 bits per heavy atom. The molecule has 1 atom stereocenters. The average Bonchev–Trinajstić information content (AvgIpc) is 2.54. The Morgan fingerprint density at radius 2 is 1.77 bits per heavy atom. The summed E-state index contributed by atoms with van der Waals surface area (Å²) in [6, 6.07) is 19.8. The van der Waals surface area contributed by atoms with Crippen molar-refractivity contribution in [1.82, 2.24) is 10.3 Å². The van der Waals surface area contributed by atoms with Crippen molar-refractivity contribution in [3.05, 3.63) is 77.6 Å². The second kappa shape index (κ2) is 5.98. The first-order valence-corrected chi connectivity index (χ1v) is 7.37. The Morgan fingerprint density at radius 1 is 1.00 bits per heavy atom. The van der Waals surface area contributed by atoms with E-state index in [1.807, 2.05) is 38.1 Å². The van der Waals surface area contributed by atoms with Gasteiger partial charge in [-0.2, -0.15) is 0 Å². The summed E-state index contributed by atoms with van der Waals surface area (Å²) in [6.45, 7) is 3.86. The van der Waals surface area contributed by atoms with E-state index < -0.39 is 0 Å². The molecule has 0 bridgehead atoms. The summed E-state index contributed by atoms with van der Waals surface area (Å²) in [4.78, 5) is 16.5. The van der Waals surface area contributed by atoms with Gasteiger partial charge in [-0.25, -0.2) is 4.98 Å². The maximum atomic E-state index is 12.3. The molecule has 0 unspecified atom stereocenters. The molecule has 0 radical (unpaired) electrons. The van der Waals surface area contributed by atoms with Gasteiger partial charge in [0.2, 0.25) is 0 Å². The molecule has 3 nitrogen and oxygen atoms in total. The molecule has 0 fully saturated rings. The van der Waals surface area contributed by atoms with Crippen molar-refractivity contribution in [2.24, 2.45) is 0 Å². The van der Waals surface area contributed by atoms with Crippen LogP contribution >= 0.6 is 0 Å². The first-order chi connectivity index (χ1) is 10.6. The highest BCUT2D eigenvalue weighted by atomic mass is 16.1. The molecule has 0 saturated carbocycles. The number of pyridine rings is 1. The molecule has 1 heterocycles. The lowest BCUT2D eigenvalue weighted by molar-refractivity contribution is 0.0934. The van der Waals surface area contributed by atoms with Crippen LogP contribution < -0.4 is 5.32 Å². The number of rotatable bonds is 3. The fourth-order valence-electron chi connectivity index (χ4n) is 2.50. The van der Waals surface area contributed by atoms with Gasteiger partial charge in [-0.1, -0.05) is 42.5 Å². The van der Waals surface area contributed by atoms with E-state index >= 15 is 0 Å². The van der Waals surface area contributed by atoms with Crippen LogP contribution in [0.15, 0.2) is 60.7 Å². The molecule has 0 spiro atoms. The summed E-state index contributed by atoms with van der Waals surface area (Å²) in [5.41, 5.74) is 2.37. The molecule has 0 aliphatic heterocycles. The molecule has 3 heteroatoms. The number of fused-ring (bicyclic) bond motifs is 1. The molecule has 1 N–H and O–H groups in total. The zero-order chi connectivity index (χ0) is 15.5. The van der Waals surface area contributed by atoms with Gasteiger partial charge in [0, 0.05) is 5.69 Å². The Bertz CT molecular complexity index is 826. The maximum Gasteiger partial charge on any atom is 0.270 e. The Hall–Kier alpha value is -2.68. The summed E-state index contributed by atoms with van der Waals surface area (Å²) < 4.78 is 0. The Labute approximate surface area is 130 Å². The van der Waals surface area contributed by atoms with Gasteiger partial charge in [0.1, 0.15) is 5.69 Å². The lowest BCUT2D eigenvalue weighted by Gasteiger charge is -2.15. The molecule has 0 aliphatic rings. The van der Waals surface area contributed by atoms with E-state index in [0.717, 1.165) is 11.3 Å². The van der Waals surface area contributed by atoms with E-state index in [2.05, 4.69) is 40.6 Å². The van der Waals surface area contributed by atoms with Crippen molar-refractivity contribution in [2.75, 3.05) is 0 Å². The fourth-order valence-corrected chi connectivity index (χ4v) is 2.50. The molecule has 1 amide bonds. The largest absolute Gasteiger partial charge is 0.344 e. The van der Waals surface area contributed by atoms with E-state index in [1.54, 1.807) is 6.07 Å². The Kier molecular flexibility index (Phi) is 3.88. The lowest BCUT2D eigenvalue weighted by atomic mass is 10.0. The molecule has 3 aromatic rings. The van der Waals surface area contributed by atoms with Crippen molar-refractivity contribution in [3.8, 4) is 0 Å². The quantitative estimate of drug-likeness (QED) is 0.791. The monoisotopic (exact) mass is 290 g/mol. The molecule has 1 aromatic heterocycles. The van der Waals surface area contributed by atoms with Gasteiger partial charge in [-0.15, -0.1) is 0 Å². The number of nitrogens with zero attached hydrogens (tertiary/aromatic N) is 1. The number of aryl methyl sites for hydroxylation is 1. The second-order valence-electron chi connectivity index (χ2n) is 5.47. The first-order valence-electron chi connectivity index (χ1n) is 7.37. The average molecular weight is 290 g/mol. The number of benzene rings is 2. The number of carbonyl (C=O) groups is 1. The zero-order valence-electron chi connectivity index (χ0n) is 12.7. The van der Waals surface area contributed by atoms with Crippen LogP contribution in [0.2, 0.25) is 0 Å². The molecular weight excluding hydrogens is 272 g/mol. The molecule has 110 valence electrons. The molecule has 3 rings (SSSR count). The third kappa shape index (κ3) is 2.98. The van der Waals surface area contributed by atoms with Gasteiger partial charge < -0.3 is 5.32 Å². The van der Waals surface area contributed by atoms with E-state index in [4.69, 9.17) is 0 Å². The Balaban J connectivity index is 1.80. The van der Waals surface area contributed by atoms with Crippen LogP contribution in [0.5, 0.6) is 0 Å². The van der Waals surface area contributed by atoms with Gasteiger partial charge in [-0.05, 0) is 48.4 Å². The summed E-state index contributed by atoms with van der Waals surface area (Å²) in [6.07, 6.45) is 0. The van der Waals surface area contributed by atoms with Crippen molar-refractivity contribution >= 4 is 16.7 Å². The summed E-state index contributed by atoms with van der Waals surface area (Å²) in [5.74, 6) is -0.149. The number of aromatic nitrogens is 1. The van der Waals surface area contributed by atoms with Crippen molar-refractivity contribution < 1.29 is 4.79 Å². The van der Waals surface area contributed by atoms with Gasteiger partial charge in [0.25, 0.3) is 5.91 Å². The summed E-state index contributed by atoms with van der Waals surface area (Å²) in [5, 5.41) is 5.38. The fraction of sp³-hybridized carbons (Fsp3) is 0.158. The van der Waals surface area contributed by atoms with Crippen LogP contribution in [0.4, 0.5) is 0 Å². The van der Waals surface area contributed by atoms with Crippen LogP contribution in [-0.2, 0) is 0 Å². The number of hydrogen-bond donors (Lipinski definition) is 1. The standard InChI is InChI=1S/C19H18N2O/c1-13-6-5-9-18(20-13)19(22)21-14(2)16-11-10-15-7-3-4-8-17(15)12-16/h3-12,14H,1-2H3,(H,21,22)/t14-/m1/s1. The minimum atomic E-state index is -0.149. The van der Waals surface area contributed by atoms with Crippen molar-refractivity contribution in [3.63, 3.8) is 0 Å². The number of carbonyl (C=O) groups excluding carboxylic acids is 1. The minimum absolute atomic E-state index is 0.0700. The predicted molar refractivity (Wildman–Crippen MR) is 88.8 cm³/mol. The normalized spacial score (nSPS) is 12.1. The SMILES string of the molecule is Cc1cccc(C(=O)N[C@H](C)c2ccc3ccccc3c2)n1. The zero-order valence-corrected chi connectivity index (χ0v) is 12.7. The molecule has 0 aliphatic carbocycles. The minimum Gasteiger partial charge on any atom is -0.344 e. The highest BCUT2D eigenvalue weighted by Crippen LogP contribution is 2.20. The molecule has 0 saturated heterocycles. The first kappa shape index (κ1) is 14.3. The second-order valence-corrected chi connectivity index (χ2v) is 5.47. The van der Waals surface area contributed by atoms with Crippen LogP contribution in [0.25, 0.3) is 10.8 Å². The van der Waals surface area contributed by atoms with Gasteiger partial charge in [0.05, 0.1) is 6.04 Å². The van der Waals surface area contributed by atoms with E-state index in [0.29, 0.717) is 5.69 Å². The molecular formula is C19H18N2O. The van der Waals surface area contributed by atoms with E-state index in [9.17, 15) is 4.79 Å². The molecule has 22 heavy (non-hydrogen) atoms. The highest BCUT2D eigenvalue weighted by molar-refractivity contribution is 5.92. The summed E-state index contributed by atoms with van der Waals surface area (Å²) >= 11 is 0. The smallest absolute Gasteiger partial charge is 0.270 e. The number of nitrogens with one attached hydrogen (secondary N) is 1. The van der Waals surface area contributed by atoms with Gasteiger partial charge in [0.15, 0.2) is 0 Å². The third-order valence-electron chi connectivity index (χ3n) is 3.74. The highest BCUT2D eigenvalue weighted by Gasteiger charge is 2.12. The van der Waals surface area contributed by atoms with Crippen molar-refractivity contribution in [1.29, 1.82) is 0 Å². The van der Waals surface area contributed by atoms with Crippen molar-refractivity contribution in [2.45, 2.75) is 19.9 Å². The van der Waals surface area contributed by atoms with Gasteiger partial charge >= 0.3 is 0 Å². The van der Waals surface area contributed by atoms with E-state index in [-0.39, 0.29) is 11.9 Å². The van der Waals surface area contributed by atoms with Gasteiger partial charge in [-0.3, -0.25) is 4.79 Å².